The molecular weight excluding hydrogens is 392 g/mol. The number of aromatic nitrogens is 3. The maximum atomic E-state index is 13.6. The Bertz CT molecular complexity index is 1150. The summed E-state index contributed by atoms with van der Waals surface area (Å²) in [5.74, 6) is -1.90. The van der Waals surface area contributed by atoms with Crippen LogP contribution in [0.1, 0.15) is 20.8 Å². The van der Waals surface area contributed by atoms with Gasteiger partial charge in [-0.15, -0.1) is 0 Å². The Labute approximate surface area is 150 Å². The lowest BCUT2D eigenvalue weighted by molar-refractivity contribution is -0.00258. The lowest BCUT2D eigenvalue weighted by Crippen LogP contribution is -2.31. The van der Waals surface area contributed by atoms with Gasteiger partial charge >= 0.3 is 0 Å². The van der Waals surface area contributed by atoms with Crippen LogP contribution >= 0.6 is 15.9 Å². The van der Waals surface area contributed by atoms with Gasteiger partial charge in [-0.25, -0.2) is 18.7 Å². The van der Waals surface area contributed by atoms with Crippen LogP contribution in [0, 0.1) is 11.6 Å². The predicted octanol–water partition coefficient (Wildman–Crippen LogP) is 5.01. The Morgan fingerprint density at radius 3 is 2.28 bits per heavy atom. The van der Waals surface area contributed by atoms with E-state index in [-0.39, 0.29) is 5.52 Å². The monoisotopic (exact) mass is 405 g/mol. The van der Waals surface area contributed by atoms with Crippen LogP contribution in [-0.4, -0.2) is 20.3 Å². The molecule has 0 amide bonds. The fraction of sp³-hybridized carbons (Fsp3) is 0.222. The molecule has 0 atom stereocenters. The zero-order chi connectivity index (χ0) is 17.9. The molecule has 2 aromatic heterocycles. The second-order valence-corrected chi connectivity index (χ2v) is 7.73. The zero-order valence-electron chi connectivity index (χ0n) is 13.8. The van der Waals surface area contributed by atoms with Crippen molar-refractivity contribution in [3.8, 4) is 0 Å². The highest BCUT2D eigenvalue weighted by Gasteiger charge is 2.21. The highest BCUT2D eigenvalue weighted by molar-refractivity contribution is 9.10. The maximum Gasteiger partial charge on any atom is 0.196 e. The Hall–Kier alpha value is -2.28. The lowest BCUT2D eigenvalue weighted by Gasteiger charge is -2.22. The van der Waals surface area contributed by atoms with Crippen LogP contribution in [0.15, 0.2) is 34.8 Å². The molecule has 0 saturated carbocycles. The molecule has 25 heavy (non-hydrogen) atoms. The van der Waals surface area contributed by atoms with Crippen LogP contribution in [-0.2, 0) is 0 Å². The van der Waals surface area contributed by atoms with Crippen molar-refractivity contribution in [1.82, 2.24) is 14.7 Å². The maximum absolute atomic E-state index is 13.6. The molecule has 0 aliphatic rings. The number of fused-ring (bicyclic) bond motifs is 4. The molecule has 0 aliphatic carbocycles. The van der Waals surface area contributed by atoms with Gasteiger partial charge in [-0.1, -0.05) is 15.9 Å². The molecule has 4 rings (SSSR count). The van der Waals surface area contributed by atoms with E-state index >= 15 is 0 Å². The summed E-state index contributed by atoms with van der Waals surface area (Å²) < 4.78 is 29.6. The Morgan fingerprint density at radius 2 is 1.64 bits per heavy atom. The van der Waals surface area contributed by atoms with Crippen molar-refractivity contribution in [2.24, 2.45) is 0 Å². The second-order valence-electron chi connectivity index (χ2n) is 6.81. The molecule has 0 saturated heterocycles. The smallest absolute Gasteiger partial charge is 0.196 e. The van der Waals surface area contributed by atoms with Crippen molar-refractivity contribution in [3.05, 3.63) is 46.4 Å². The normalized spacial score (nSPS) is 12.4. The third-order valence-corrected chi connectivity index (χ3v) is 4.17. The molecule has 0 aliphatic heterocycles. The number of halogens is 3. The molecule has 128 valence electrons. The lowest BCUT2D eigenvalue weighted by atomic mass is 10.2. The van der Waals surface area contributed by atoms with Crippen molar-refractivity contribution < 1.29 is 13.6 Å². The molecule has 4 aromatic rings. The van der Waals surface area contributed by atoms with Crippen LogP contribution in [0.5, 0.6) is 0 Å². The fourth-order valence-electron chi connectivity index (χ4n) is 2.72. The average molecular weight is 406 g/mol. The van der Waals surface area contributed by atoms with Crippen molar-refractivity contribution in [2.75, 3.05) is 0 Å². The summed E-state index contributed by atoms with van der Waals surface area (Å²) in [5, 5.41) is 0.821. The van der Waals surface area contributed by atoms with Gasteiger partial charge in [0.1, 0.15) is 11.1 Å². The molecule has 0 radical (unpaired) electrons. The van der Waals surface area contributed by atoms with Gasteiger partial charge in [-0.05, 0) is 39.0 Å². The standard InChI is InChI=1S/C18H14BrF2N3O/c1-18(2,3)25-24-15-6-9(19)4-5-10(15)16-17(24)23-14-8-12(21)11(20)7-13(14)22-16/h4-8H,1-3H3. The molecule has 2 aromatic carbocycles. The van der Waals surface area contributed by atoms with Gasteiger partial charge in [0, 0.05) is 22.0 Å². The third kappa shape index (κ3) is 2.72. The minimum atomic E-state index is -0.955. The van der Waals surface area contributed by atoms with Gasteiger partial charge in [-0.2, -0.15) is 4.73 Å². The van der Waals surface area contributed by atoms with E-state index in [4.69, 9.17) is 4.84 Å². The van der Waals surface area contributed by atoms with E-state index in [9.17, 15) is 8.78 Å². The van der Waals surface area contributed by atoms with Crippen LogP contribution in [0.25, 0.3) is 33.1 Å². The number of hydrogen-bond donors (Lipinski definition) is 0. The average Bonchev–Trinajstić information content (AvgIpc) is 2.78. The van der Waals surface area contributed by atoms with Gasteiger partial charge in [0.05, 0.1) is 16.6 Å². The van der Waals surface area contributed by atoms with Gasteiger partial charge < -0.3 is 4.84 Å². The minimum absolute atomic E-state index is 0.270. The summed E-state index contributed by atoms with van der Waals surface area (Å²) in [6, 6.07) is 7.79. The van der Waals surface area contributed by atoms with Crippen molar-refractivity contribution in [3.63, 3.8) is 0 Å². The molecule has 2 heterocycles. The predicted molar refractivity (Wildman–Crippen MR) is 96.5 cm³/mol. The summed E-state index contributed by atoms with van der Waals surface area (Å²) in [6.07, 6.45) is 0. The number of benzene rings is 2. The van der Waals surface area contributed by atoms with E-state index in [1.165, 1.54) is 0 Å². The fourth-order valence-corrected chi connectivity index (χ4v) is 3.07. The quantitative estimate of drug-likeness (QED) is 0.447. The highest BCUT2D eigenvalue weighted by Crippen LogP contribution is 2.31. The topological polar surface area (TPSA) is 39.9 Å². The first-order valence-corrected chi connectivity index (χ1v) is 8.48. The summed E-state index contributed by atoms with van der Waals surface area (Å²) in [5.41, 5.74) is 1.89. The van der Waals surface area contributed by atoms with Crippen LogP contribution in [0.4, 0.5) is 8.78 Å². The Kier molecular flexibility index (Phi) is 3.47. The summed E-state index contributed by atoms with van der Waals surface area (Å²) in [4.78, 5) is 15.0. The van der Waals surface area contributed by atoms with E-state index < -0.39 is 17.2 Å². The van der Waals surface area contributed by atoms with Crippen molar-refractivity contribution >= 4 is 49.0 Å². The molecule has 7 heteroatoms. The first-order chi connectivity index (χ1) is 11.7. The second kappa shape index (κ2) is 5.36. The van der Waals surface area contributed by atoms with E-state index in [1.807, 2.05) is 39.0 Å². The first-order valence-electron chi connectivity index (χ1n) is 7.69. The summed E-state index contributed by atoms with van der Waals surface area (Å²) in [6.45, 7) is 5.77. The van der Waals surface area contributed by atoms with Crippen LogP contribution in [0.3, 0.4) is 0 Å². The molecule has 0 bridgehead atoms. The SMILES string of the molecule is CC(C)(C)On1c2cc(Br)ccc2c2nc3cc(F)c(F)cc3nc21. The van der Waals surface area contributed by atoms with Crippen molar-refractivity contribution in [1.29, 1.82) is 0 Å². The van der Waals surface area contributed by atoms with E-state index in [0.29, 0.717) is 16.7 Å². The van der Waals surface area contributed by atoms with Gasteiger partial charge in [0.15, 0.2) is 17.3 Å². The first kappa shape index (κ1) is 16.2. The molecule has 0 unspecified atom stereocenters. The highest BCUT2D eigenvalue weighted by atomic mass is 79.9. The van der Waals surface area contributed by atoms with E-state index in [0.717, 1.165) is 27.5 Å². The largest absolute Gasteiger partial charge is 0.406 e. The van der Waals surface area contributed by atoms with Crippen LogP contribution < -0.4 is 4.84 Å². The van der Waals surface area contributed by atoms with Crippen molar-refractivity contribution in [2.45, 2.75) is 26.4 Å². The molecule has 0 N–H and O–H groups in total. The van der Waals surface area contributed by atoms with Gasteiger partial charge in [0.2, 0.25) is 0 Å². The Balaban J connectivity index is 2.15. The molecular formula is C18H14BrF2N3O. The van der Waals surface area contributed by atoms with Gasteiger partial charge in [0.25, 0.3) is 0 Å². The summed E-state index contributed by atoms with van der Waals surface area (Å²) >= 11 is 3.46. The Morgan fingerprint density at radius 1 is 1.00 bits per heavy atom. The molecule has 4 nitrogen and oxygen atoms in total. The molecule has 0 fully saturated rings. The summed E-state index contributed by atoms with van der Waals surface area (Å²) in [7, 11) is 0. The van der Waals surface area contributed by atoms with E-state index in [1.54, 1.807) is 4.73 Å². The number of rotatable bonds is 1. The molecule has 0 spiro atoms. The minimum Gasteiger partial charge on any atom is -0.406 e. The van der Waals surface area contributed by atoms with Crippen LogP contribution in [0.2, 0.25) is 0 Å². The number of nitrogens with zero attached hydrogens (tertiary/aromatic N) is 3. The zero-order valence-corrected chi connectivity index (χ0v) is 15.4. The number of hydrogen-bond acceptors (Lipinski definition) is 3. The third-order valence-electron chi connectivity index (χ3n) is 3.68. The van der Waals surface area contributed by atoms with Gasteiger partial charge in [-0.3, -0.25) is 0 Å². The van der Waals surface area contributed by atoms with E-state index in [2.05, 4.69) is 25.9 Å².